The lowest BCUT2D eigenvalue weighted by Crippen LogP contribution is -2.31. The zero-order chi connectivity index (χ0) is 18.8. The van der Waals surface area contributed by atoms with Crippen LogP contribution in [0.5, 0.6) is 0 Å². The molecule has 3 rings (SSSR count). The lowest BCUT2D eigenvalue weighted by molar-refractivity contribution is -0.116. The Labute approximate surface area is 156 Å². The van der Waals surface area contributed by atoms with Crippen LogP contribution in [0.1, 0.15) is 44.7 Å². The number of carbonyl (C=O) groups is 3. The molecule has 0 spiro atoms. The van der Waals surface area contributed by atoms with E-state index in [-0.39, 0.29) is 30.7 Å². The predicted molar refractivity (Wildman–Crippen MR) is 101 cm³/mol. The van der Waals surface area contributed by atoms with E-state index in [2.05, 4.69) is 5.32 Å². The van der Waals surface area contributed by atoms with Gasteiger partial charge in [0.15, 0.2) is 0 Å². The SMILES string of the molecule is Cc1ccc2c(c1)C(=O)N(CCCC(=O)Nc1ccc(C)c(Cl)c1)C2=O. The number of aryl methyl sites for hydroxylation is 2. The normalized spacial score (nSPS) is 13.1. The van der Waals surface area contributed by atoms with E-state index in [1.165, 1.54) is 4.90 Å². The Morgan fingerprint density at radius 3 is 2.50 bits per heavy atom. The van der Waals surface area contributed by atoms with Crippen LogP contribution in [0.15, 0.2) is 36.4 Å². The Kier molecular flexibility index (Phi) is 5.09. The Morgan fingerprint density at radius 2 is 1.77 bits per heavy atom. The first kappa shape index (κ1) is 18.1. The van der Waals surface area contributed by atoms with Gasteiger partial charge in [0.1, 0.15) is 0 Å². The van der Waals surface area contributed by atoms with Crippen molar-refractivity contribution in [1.29, 1.82) is 0 Å². The van der Waals surface area contributed by atoms with Crippen molar-refractivity contribution in [3.63, 3.8) is 0 Å². The summed E-state index contributed by atoms with van der Waals surface area (Å²) >= 11 is 6.04. The van der Waals surface area contributed by atoms with Gasteiger partial charge in [-0.1, -0.05) is 29.3 Å². The van der Waals surface area contributed by atoms with Crippen LogP contribution in [0.4, 0.5) is 5.69 Å². The average molecular weight is 371 g/mol. The van der Waals surface area contributed by atoms with Crippen molar-refractivity contribution in [3.05, 3.63) is 63.7 Å². The molecule has 0 saturated heterocycles. The Balaban J connectivity index is 1.55. The highest BCUT2D eigenvalue weighted by Crippen LogP contribution is 2.24. The Morgan fingerprint density at radius 1 is 1.04 bits per heavy atom. The number of carbonyl (C=O) groups excluding carboxylic acids is 3. The van der Waals surface area contributed by atoms with Crippen molar-refractivity contribution < 1.29 is 14.4 Å². The number of hydrogen-bond acceptors (Lipinski definition) is 3. The van der Waals surface area contributed by atoms with Crippen molar-refractivity contribution in [3.8, 4) is 0 Å². The third-order valence-electron chi connectivity index (χ3n) is 4.37. The maximum absolute atomic E-state index is 12.4. The number of hydrogen-bond donors (Lipinski definition) is 1. The fraction of sp³-hybridized carbons (Fsp3) is 0.250. The predicted octanol–water partition coefficient (Wildman–Crippen LogP) is 3.97. The van der Waals surface area contributed by atoms with E-state index in [0.29, 0.717) is 28.3 Å². The van der Waals surface area contributed by atoms with E-state index in [4.69, 9.17) is 11.6 Å². The van der Waals surface area contributed by atoms with Gasteiger partial charge in [0.25, 0.3) is 11.8 Å². The molecule has 5 nitrogen and oxygen atoms in total. The first-order chi connectivity index (χ1) is 12.4. The number of fused-ring (bicyclic) bond motifs is 1. The minimum atomic E-state index is -0.296. The highest BCUT2D eigenvalue weighted by molar-refractivity contribution is 6.31. The summed E-state index contributed by atoms with van der Waals surface area (Å²) in [4.78, 5) is 38.0. The van der Waals surface area contributed by atoms with Crippen LogP contribution in [-0.2, 0) is 4.79 Å². The molecule has 0 fully saturated rings. The monoisotopic (exact) mass is 370 g/mol. The van der Waals surface area contributed by atoms with Crippen molar-refractivity contribution in [2.75, 3.05) is 11.9 Å². The molecular formula is C20H19ClN2O3. The van der Waals surface area contributed by atoms with Gasteiger partial charge in [-0.3, -0.25) is 19.3 Å². The first-order valence-corrected chi connectivity index (χ1v) is 8.77. The first-order valence-electron chi connectivity index (χ1n) is 8.39. The molecule has 0 bridgehead atoms. The highest BCUT2D eigenvalue weighted by Gasteiger charge is 2.34. The van der Waals surface area contributed by atoms with Gasteiger partial charge in [0, 0.05) is 23.7 Å². The van der Waals surface area contributed by atoms with Crippen LogP contribution >= 0.6 is 11.6 Å². The molecule has 2 aromatic rings. The maximum Gasteiger partial charge on any atom is 0.261 e. The van der Waals surface area contributed by atoms with Crippen LogP contribution in [0.2, 0.25) is 5.02 Å². The van der Waals surface area contributed by atoms with Crippen LogP contribution < -0.4 is 5.32 Å². The van der Waals surface area contributed by atoms with E-state index in [1.807, 2.05) is 26.0 Å². The molecule has 2 aromatic carbocycles. The average Bonchev–Trinajstić information content (AvgIpc) is 2.82. The molecule has 26 heavy (non-hydrogen) atoms. The quantitative estimate of drug-likeness (QED) is 0.810. The third-order valence-corrected chi connectivity index (χ3v) is 4.77. The van der Waals surface area contributed by atoms with Crippen LogP contribution in [-0.4, -0.2) is 29.2 Å². The Bertz CT molecular complexity index is 908. The van der Waals surface area contributed by atoms with Crippen LogP contribution in [0, 0.1) is 13.8 Å². The van der Waals surface area contributed by atoms with Crippen LogP contribution in [0.25, 0.3) is 0 Å². The van der Waals surface area contributed by atoms with Gasteiger partial charge in [0.05, 0.1) is 11.1 Å². The highest BCUT2D eigenvalue weighted by atomic mass is 35.5. The lowest BCUT2D eigenvalue weighted by Gasteiger charge is -2.13. The molecule has 0 atom stereocenters. The molecule has 3 amide bonds. The summed E-state index contributed by atoms with van der Waals surface area (Å²) < 4.78 is 0. The summed E-state index contributed by atoms with van der Waals surface area (Å²) in [5, 5.41) is 3.36. The number of nitrogens with one attached hydrogen (secondary N) is 1. The largest absolute Gasteiger partial charge is 0.326 e. The van der Waals surface area contributed by atoms with Gasteiger partial charge in [0.2, 0.25) is 5.91 Å². The number of anilines is 1. The van der Waals surface area contributed by atoms with E-state index >= 15 is 0 Å². The molecule has 1 aliphatic rings. The van der Waals surface area contributed by atoms with Gasteiger partial charge in [-0.05, 0) is 50.1 Å². The lowest BCUT2D eigenvalue weighted by atomic mass is 10.1. The number of benzene rings is 2. The second kappa shape index (κ2) is 7.30. The Hall–Kier alpha value is -2.66. The number of amides is 3. The minimum absolute atomic E-state index is 0.183. The summed E-state index contributed by atoms with van der Waals surface area (Å²) in [5.74, 6) is -0.771. The molecule has 0 aromatic heterocycles. The summed E-state index contributed by atoms with van der Waals surface area (Å²) in [5.41, 5.74) is 3.36. The molecule has 1 heterocycles. The number of imide groups is 1. The number of nitrogens with zero attached hydrogens (tertiary/aromatic N) is 1. The number of rotatable bonds is 5. The van der Waals surface area contributed by atoms with E-state index in [0.717, 1.165) is 11.1 Å². The molecule has 0 saturated carbocycles. The van der Waals surface area contributed by atoms with E-state index < -0.39 is 0 Å². The third kappa shape index (κ3) is 3.63. The van der Waals surface area contributed by atoms with Gasteiger partial charge in [-0.15, -0.1) is 0 Å². The van der Waals surface area contributed by atoms with E-state index in [1.54, 1.807) is 24.3 Å². The van der Waals surface area contributed by atoms with Crippen LogP contribution in [0.3, 0.4) is 0 Å². The fourth-order valence-electron chi connectivity index (χ4n) is 2.90. The van der Waals surface area contributed by atoms with Gasteiger partial charge < -0.3 is 5.32 Å². The molecule has 0 aliphatic carbocycles. The summed E-state index contributed by atoms with van der Waals surface area (Å²) in [6, 6.07) is 10.5. The second-order valence-corrected chi connectivity index (χ2v) is 6.83. The smallest absolute Gasteiger partial charge is 0.261 e. The maximum atomic E-state index is 12.4. The summed E-state index contributed by atoms with van der Waals surface area (Å²) in [7, 11) is 0. The minimum Gasteiger partial charge on any atom is -0.326 e. The molecule has 0 unspecified atom stereocenters. The molecule has 1 N–H and O–H groups in total. The standard InChI is InChI=1S/C20H19ClN2O3/c1-12-5-8-15-16(10-12)20(26)23(19(15)25)9-3-4-18(24)22-14-7-6-13(2)17(21)11-14/h5-8,10-11H,3-4,9H2,1-2H3,(H,22,24). The van der Waals surface area contributed by atoms with Crippen molar-refractivity contribution in [2.45, 2.75) is 26.7 Å². The van der Waals surface area contributed by atoms with Gasteiger partial charge in [-0.25, -0.2) is 0 Å². The molecule has 134 valence electrons. The summed E-state index contributed by atoms with van der Waals surface area (Å²) in [6.45, 7) is 3.98. The van der Waals surface area contributed by atoms with Gasteiger partial charge >= 0.3 is 0 Å². The fourth-order valence-corrected chi connectivity index (χ4v) is 3.08. The van der Waals surface area contributed by atoms with Crippen molar-refractivity contribution in [2.24, 2.45) is 0 Å². The van der Waals surface area contributed by atoms with Crippen molar-refractivity contribution in [1.82, 2.24) is 4.90 Å². The second-order valence-electron chi connectivity index (χ2n) is 6.43. The topological polar surface area (TPSA) is 66.5 Å². The molecule has 6 heteroatoms. The van der Waals surface area contributed by atoms with E-state index in [9.17, 15) is 14.4 Å². The van der Waals surface area contributed by atoms with Crippen molar-refractivity contribution >= 4 is 35.0 Å². The van der Waals surface area contributed by atoms with Gasteiger partial charge in [-0.2, -0.15) is 0 Å². The molecular weight excluding hydrogens is 352 g/mol. The molecule has 1 aliphatic heterocycles. The summed E-state index contributed by atoms with van der Waals surface area (Å²) in [6.07, 6.45) is 0.605. The number of halogens is 1. The molecule has 0 radical (unpaired) electrons. The zero-order valence-electron chi connectivity index (χ0n) is 14.6. The zero-order valence-corrected chi connectivity index (χ0v) is 15.4.